The highest BCUT2D eigenvalue weighted by Gasteiger charge is 2.21. The summed E-state index contributed by atoms with van der Waals surface area (Å²) in [6.45, 7) is 4.24. The van der Waals surface area contributed by atoms with Gasteiger partial charge in [-0.1, -0.05) is 23.8 Å². The fourth-order valence-corrected chi connectivity index (χ4v) is 3.63. The molecule has 1 N–H and O–H groups in total. The van der Waals surface area contributed by atoms with Crippen molar-refractivity contribution in [3.05, 3.63) is 38.9 Å². The number of nitrogens with zero attached hydrogens (tertiary/aromatic N) is 2. The van der Waals surface area contributed by atoms with Crippen molar-refractivity contribution in [1.82, 2.24) is 14.9 Å². The summed E-state index contributed by atoms with van der Waals surface area (Å²) in [4.78, 5) is 22.6. The molecule has 0 radical (unpaired) electrons. The molecule has 0 aliphatic carbocycles. The highest BCUT2D eigenvalue weighted by atomic mass is 32.1. The summed E-state index contributed by atoms with van der Waals surface area (Å²) in [7, 11) is 0. The van der Waals surface area contributed by atoms with Gasteiger partial charge in [-0.2, -0.15) is 0 Å². The number of piperidine rings is 1. The Labute approximate surface area is 122 Å². The second-order valence-electron chi connectivity index (χ2n) is 5.34. The van der Waals surface area contributed by atoms with Gasteiger partial charge in [0.2, 0.25) is 0 Å². The van der Waals surface area contributed by atoms with Crippen LogP contribution in [-0.4, -0.2) is 27.5 Å². The number of nitrogens with one attached hydrogen (secondary N) is 1. The second-order valence-corrected chi connectivity index (χ2v) is 6.41. The SMILES string of the molecule is CC1CCCCN1Cc1sc(=O)[nH]c1-c1ccccn1. The van der Waals surface area contributed by atoms with Gasteiger partial charge in [0.1, 0.15) is 0 Å². The van der Waals surface area contributed by atoms with E-state index < -0.39 is 0 Å². The Balaban J connectivity index is 1.88. The summed E-state index contributed by atoms with van der Waals surface area (Å²) in [5.41, 5.74) is 1.74. The molecule has 0 bridgehead atoms. The summed E-state index contributed by atoms with van der Waals surface area (Å²) in [6.07, 6.45) is 5.58. The van der Waals surface area contributed by atoms with E-state index in [0.717, 1.165) is 29.4 Å². The van der Waals surface area contributed by atoms with Gasteiger partial charge in [0.15, 0.2) is 0 Å². The van der Waals surface area contributed by atoms with Crippen molar-refractivity contribution < 1.29 is 0 Å². The molecule has 3 heterocycles. The minimum Gasteiger partial charge on any atom is -0.311 e. The van der Waals surface area contributed by atoms with Gasteiger partial charge in [-0.3, -0.25) is 14.7 Å². The van der Waals surface area contributed by atoms with Crippen LogP contribution in [0.5, 0.6) is 0 Å². The van der Waals surface area contributed by atoms with Crippen molar-refractivity contribution in [1.29, 1.82) is 0 Å². The lowest BCUT2D eigenvalue weighted by Crippen LogP contribution is -2.36. The number of rotatable bonds is 3. The standard InChI is InChI=1S/C15H19N3OS/c1-11-6-3-5-9-18(11)10-13-14(17-15(19)20-13)12-7-2-4-8-16-12/h2,4,7-8,11H,3,5-6,9-10H2,1H3,(H,17,19). The Morgan fingerprint density at radius 2 is 2.35 bits per heavy atom. The fraction of sp³-hybridized carbons (Fsp3) is 0.467. The molecule has 4 nitrogen and oxygen atoms in total. The molecule has 0 saturated carbocycles. The van der Waals surface area contributed by atoms with E-state index in [0.29, 0.717) is 6.04 Å². The maximum Gasteiger partial charge on any atom is 0.305 e. The van der Waals surface area contributed by atoms with Crippen molar-refractivity contribution in [3.8, 4) is 11.4 Å². The Kier molecular flexibility index (Phi) is 3.98. The maximum atomic E-state index is 11.7. The van der Waals surface area contributed by atoms with Crippen molar-refractivity contribution in [2.45, 2.75) is 38.8 Å². The van der Waals surface area contributed by atoms with E-state index in [4.69, 9.17) is 0 Å². The zero-order valence-electron chi connectivity index (χ0n) is 11.6. The molecule has 1 atom stereocenters. The largest absolute Gasteiger partial charge is 0.311 e. The van der Waals surface area contributed by atoms with Crippen LogP contribution in [0.4, 0.5) is 0 Å². The first kappa shape index (κ1) is 13.5. The highest BCUT2D eigenvalue weighted by Crippen LogP contribution is 2.25. The lowest BCUT2D eigenvalue weighted by atomic mass is 10.0. The first-order valence-corrected chi connectivity index (χ1v) is 7.93. The van der Waals surface area contributed by atoms with Gasteiger partial charge in [-0.25, -0.2) is 0 Å². The smallest absolute Gasteiger partial charge is 0.305 e. The molecule has 20 heavy (non-hydrogen) atoms. The molecule has 1 saturated heterocycles. The highest BCUT2D eigenvalue weighted by molar-refractivity contribution is 7.09. The lowest BCUT2D eigenvalue weighted by molar-refractivity contribution is 0.154. The predicted octanol–water partition coefficient (Wildman–Crippen LogP) is 2.87. The van der Waals surface area contributed by atoms with Gasteiger partial charge in [0.25, 0.3) is 0 Å². The van der Waals surface area contributed by atoms with Crippen LogP contribution in [-0.2, 0) is 6.54 Å². The summed E-state index contributed by atoms with van der Waals surface area (Å²) in [5, 5.41) is 0. The Morgan fingerprint density at radius 1 is 1.45 bits per heavy atom. The van der Waals surface area contributed by atoms with Crippen molar-refractivity contribution in [2.75, 3.05) is 6.54 Å². The minimum absolute atomic E-state index is 0.00492. The third-order valence-corrected chi connectivity index (χ3v) is 4.80. The lowest BCUT2D eigenvalue weighted by Gasteiger charge is -2.33. The van der Waals surface area contributed by atoms with E-state index in [9.17, 15) is 4.79 Å². The minimum atomic E-state index is 0.00492. The van der Waals surface area contributed by atoms with Gasteiger partial charge in [-0.05, 0) is 38.4 Å². The van der Waals surface area contributed by atoms with Crippen LogP contribution in [0, 0.1) is 0 Å². The van der Waals surface area contributed by atoms with Crippen LogP contribution < -0.4 is 4.87 Å². The molecule has 3 rings (SSSR count). The zero-order chi connectivity index (χ0) is 13.9. The average Bonchev–Trinajstić information content (AvgIpc) is 2.83. The molecule has 0 aromatic carbocycles. The Morgan fingerprint density at radius 3 is 3.10 bits per heavy atom. The average molecular weight is 289 g/mol. The van der Waals surface area contributed by atoms with Crippen LogP contribution in [0.3, 0.4) is 0 Å². The van der Waals surface area contributed by atoms with E-state index in [-0.39, 0.29) is 4.87 Å². The second kappa shape index (κ2) is 5.89. The molecular formula is C15H19N3OS. The molecule has 1 fully saturated rings. The summed E-state index contributed by atoms with van der Waals surface area (Å²) in [6, 6.07) is 6.38. The number of likely N-dealkylation sites (tertiary alicyclic amines) is 1. The van der Waals surface area contributed by atoms with Gasteiger partial charge < -0.3 is 4.98 Å². The first-order valence-electron chi connectivity index (χ1n) is 7.11. The van der Waals surface area contributed by atoms with E-state index in [1.165, 1.54) is 30.6 Å². The van der Waals surface area contributed by atoms with Crippen LogP contribution in [0.15, 0.2) is 29.2 Å². The molecule has 0 amide bonds. The number of hydrogen-bond donors (Lipinski definition) is 1. The van der Waals surface area contributed by atoms with Gasteiger partial charge in [0.05, 0.1) is 11.4 Å². The molecule has 1 aliphatic rings. The third kappa shape index (κ3) is 2.83. The Hall–Kier alpha value is -1.46. The monoisotopic (exact) mass is 289 g/mol. The van der Waals surface area contributed by atoms with E-state index in [2.05, 4.69) is 21.8 Å². The summed E-state index contributed by atoms with van der Waals surface area (Å²) < 4.78 is 0. The van der Waals surface area contributed by atoms with Crippen LogP contribution >= 0.6 is 11.3 Å². The number of aromatic amines is 1. The van der Waals surface area contributed by atoms with Gasteiger partial charge >= 0.3 is 4.87 Å². The van der Waals surface area contributed by atoms with Crippen LogP contribution in [0.25, 0.3) is 11.4 Å². The van der Waals surface area contributed by atoms with Crippen LogP contribution in [0.1, 0.15) is 31.1 Å². The molecule has 1 unspecified atom stereocenters. The molecule has 5 heteroatoms. The predicted molar refractivity (Wildman–Crippen MR) is 81.9 cm³/mol. The fourth-order valence-electron chi connectivity index (χ4n) is 2.77. The number of pyridine rings is 1. The van der Waals surface area contributed by atoms with Crippen molar-refractivity contribution in [2.24, 2.45) is 0 Å². The number of H-pyrrole nitrogens is 1. The third-order valence-electron chi connectivity index (χ3n) is 3.93. The molecule has 0 spiro atoms. The van der Waals surface area contributed by atoms with Crippen molar-refractivity contribution in [3.63, 3.8) is 0 Å². The molecule has 106 valence electrons. The van der Waals surface area contributed by atoms with Crippen molar-refractivity contribution >= 4 is 11.3 Å². The quantitative estimate of drug-likeness (QED) is 0.945. The number of aromatic nitrogens is 2. The molecular weight excluding hydrogens is 270 g/mol. The topological polar surface area (TPSA) is 49.0 Å². The summed E-state index contributed by atoms with van der Waals surface area (Å²) in [5.74, 6) is 0. The van der Waals surface area contributed by atoms with Gasteiger partial charge in [-0.15, -0.1) is 0 Å². The zero-order valence-corrected chi connectivity index (χ0v) is 12.4. The van der Waals surface area contributed by atoms with Gasteiger partial charge in [0, 0.05) is 23.7 Å². The number of thiazole rings is 1. The molecule has 1 aliphatic heterocycles. The van der Waals surface area contributed by atoms with E-state index in [1.807, 2.05) is 18.2 Å². The van der Waals surface area contributed by atoms with Crippen LogP contribution in [0.2, 0.25) is 0 Å². The normalized spacial score (nSPS) is 20.1. The first-order chi connectivity index (χ1) is 9.74. The van der Waals surface area contributed by atoms with E-state index in [1.54, 1.807) is 6.20 Å². The summed E-state index contributed by atoms with van der Waals surface area (Å²) >= 11 is 1.31. The number of hydrogen-bond acceptors (Lipinski definition) is 4. The maximum absolute atomic E-state index is 11.7. The molecule has 2 aromatic heterocycles. The molecule has 2 aromatic rings. The van der Waals surface area contributed by atoms with E-state index >= 15 is 0 Å². The Bertz CT molecular complexity index is 620.